The molecule has 0 radical (unpaired) electrons. The van der Waals surface area contributed by atoms with E-state index in [0.717, 1.165) is 0 Å². The molecule has 1 aromatic rings. The summed E-state index contributed by atoms with van der Waals surface area (Å²) < 4.78 is 9.22. The highest BCUT2D eigenvalue weighted by atomic mass is 35.5. The van der Waals surface area contributed by atoms with Crippen LogP contribution in [0, 0.1) is 16.0 Å². The molecule has 1 saturated carbocycles. The Labute approximate surface area is 143 Å². The number of alkyl halides is 2. The average Bonchev–Trinajstić information content (AvgIpc) is 3.15. The van der Waals surface area contributed by atoms with Gasteiger partial charge in [0.05, 0.1) is 31.1 Å². The maximum Gasteiger partial charge on any atom is 0.276 e. The van der Waals surface area contributed by atoms with E-state index in [1.54, 1.807) is 0 Å². The minimum Gasteiger partial charge on any atom is -0.493 e. The number of hydrogen-bond donors (Lipinski definition) is 1. The molecule has 1 N–H and O–H groups in total. The quantitative estimate of drug-likeness (QED) is 0.457. The Balaban J connectivity index is 2.06. The van der Waals surface area contributed by atoms with Crippen molar-refractivity contribution in [3.8, 4) is 11.5 Å². The van der Waals surface area contributed by atoms with Crippen LogP contribution in [0.4, 0.5) is 5.69 Å². The van der Waals surface area contributed by atoms with Crippen LogP contribution < -0.4 is 14.8 Å². The van der Waals surface area contributed by atoms with Gasteiger partial charge in [-0.15, -0.1) is 23.2 Å². The van der Waals surface area contributed by atoms with Gasteiger partial charge in [0, 0.05) is 12.1 Å². The molecular weight excluding hydrogens is 347 g/mol. The van der Waals surface area contributed by atoms with Crippen molar-refractivity contribution in [3.05, 3.63) is 27.8 Å². The summed E-state index contributed by atoms with van der Waals surface area (Å²) in [6.07, 6.45) is 0.686. The van der Waals surface area contributed by atoms with Crippen molar-refractivity contribution in [2.24, 2.45) is 5.92 Å². The number of hydrogen-bond acceptors (Lipinski definition) is 5. The van der Waals surface area contributed by atoms with Gasteiger partial charge in [-0.05, 0) is 18.9 Å². The Morgan fingerprint density at radius 1 is 1.39 bits per heavy atom. The molecule has 0 bridgehead atoms. The standard InChI is InChI=1S/C14H16Cl2N2O5/c1-22-11-5-8(10(18(20)21)6-12(11)23-2)3-4-17-13(19)9-7-14(9,15)16/h5-6,9H,3-4,7H2,1-2H3,(H,17,19)/t9-/m1/s1. The first kappa shape index (κ1) is 17.6. The molecule has 0 heterocycles. The second-order valence-electron chi connectivity index (χ2n) is 5.15. The summed E-state index contributed by atoms with van der Waals surface area (Å²) in [6.45, 7) is 0.232. The molecule has 2 rings (SSSR count). The van der Waals surface area contributed by atoms with E-state index in [4.69, 9.17) is 32.7 Å². The van der Waals surface area contributed by atoms with Crippen LogP contribution in [0.2, 0.25) is 0 Å². The molecular formula is C14H16Cl2N2O5. The second kappa shape index (κ2) is 6.80. The van der Waals surface area contributed by atoms with E-state index in [0.29, 0.717) is 17.7 Å². The fourth-order valence-electron chi connectivity index (χ4n) is 2.22. The first-order chi connectivity index (χ1) is 10.8. The number of nitrogens with one attached hydrogen (secondary N) is 1. The average molecular weight is 363 g/mol. The number of benzene rings is 1. The lowest BCUT2D eigenvalue weighted by Gasteiger charge is -2.11. The topological polar surface area (TPSA) is 90.7 Å². The van der Waals surface area contributed by atoms with Gasteiger partial charge >= 0.3 is 0 Å². The highest BCUT2D eigenvalue weighted by molar-refractivity contribution is 6.52. The maximum absolute atomic E-state index is 11.8. The molecule has 1 atom stereocenters. The lowest BCUT2D eigenvalue weighted by atomic mass is 10.1. The number of carbonyl (C=O) groups excluding carboxylic acids is 1. The Bertz CT molecular complexity index is 636. The molecule has 1 aliphatic carbocycles. The molecule has 0 unspecified atom stereocenters. The zero-order valence-corrected chi connectivity index (χ0v) is 14.1. The Morgan fingerprint density at radius 2 is 1.96 bits per heavy atom. The predicted molar refractivity (Wildman–Crippen MR) is 85.5 cm³/mol. The van der Waals surface area contributed by atoms with Gasteiger partial charge in [-0.1, -0.05) is 0 Å². The molecule has 1 aliphatic rings. The highest BCUT2D eigenvalue weighted by Crippen LogP contribution is 2.53. The zero-order chi connectivity index (χ0) is 17.2. The van der Waals surface area contributed by atoms with E-state index < -0.39 is 15.2 Å². The van der Waals surface area contributed by atoms with Gasteiger partial charge in [-0.25, -0.2) is 0 Å². The van der Waals surface area contributed by atoms with E-state index in [1.165, 1.54) is 26.4 Å². The molecule has 1 fully saturated rings. The summed E-state index contributed by atoms with van der Waals surface area (Å²) in [5.41, 5.74) is 0.346. The number of methoxy groups -OCH3 is 2. The number of amides is 1. The van der Waals surface area contributed by atoms with E-state index in [1.807, 2.05) is 0 Å². The molecule has 0 saturated heterocycles. The number of nitro groups is 1. The number of nitrogens with zero attached hydrogens (tertiary/aromatic N) is 1. The lowest BCUT2D eigenvalue weighted by Crippen LogP contribution is -2.28. The smallest absolute Gasteiger partial charge is 0.276 e. The molecule has 0 aliphatic heterocycles. The fraction of sp³-hybridized carbons (Fsp3) is 0.500. The molecule has 1 aromatic carbocycles. The molecule has 23 heavy (non-hydrogen) atoms. The number of carbonyl (C=O) groups is 1. The van der Waals surface area contributed by atoms with Crippen molar-refractivity contribution in [2.75, 3.05) is 20.8 Å². The molecule has 0 aromatic heterocycles. The summed E-state index contributed by atoms with van der Waals surface area (Å²) in [5, 5.41) is 13.9. The van der Waals surface area contributed by atoms with E-state index in [9.17, 15) is 14.9 Å². The van der Waals surface area contributed by atoms with Crippen molar-refractivity contribution >= 4 is 34.8 Å². The SMILES string of the molecule is COc1cc(CCNC(=O)[C@H]2CC2(Cl)Cl)c([N+](=O)[O-])cc1OC. The predicted octanol–water partition coefficient (Wildman–Crippen LogP) is 2.46. The molecule has 9 heteroatoms. The molecule has 7 nitrogen and oxygen atoms in total. The van der Waals surface area contributed by atoms with Gasteiger partial charge in [-0.2, -0.15) is 0 Å². The van der Waals surface area contributed by atoms with Crippen LogP contribution >= 0.6 is 23.2 Å². The lowest BCUT2D eigenvalue weighted by molar-refractivity contribution is -0.385. The number of rotatable bonds is 7. The molecule has 126 valence electrons. The monoisotopic (exact) mass is 362 g/mol. The summed E-state index contributed by atoms with van der Waals surface area (Å²) in [5.74, 6) is -0.00876. The first-order valence-electron chi connectivity index (χ1n) is 6.85. The third-order valence-electron chi connectivity index (χ3n) is 3.62. The summed E-state index contributed by atoms with van der Waals surface area (Å²) in [4.78, 5) is 22.5. The summed E-state index contributed by atoms with van der Waals surface area (Å²) in [6, 6.07) is 2.84. The largest absolute Gasteiger partial charge is 0.493 e. The van der Waals surface area contributed by atoms with E-state index in [2.05, 4.69) is 5.32 Å². The maximum atomic E-state index is 11.8. The summed E-state index contributed by atoms with van der Waals surface area (Å²) in [7, 11) is 2.85. The third kappa shape index (κ3) is 3.97. The number of ether oxygens (including phenoxy) is 2. The normalized spacial score (nSPS) is 18.2. The van der Waals surface area contributed by atoms with Crippen LogP contribution in [-0.4, -0.2) is 35.9 Å². The first-order valence-corrected chi connectivity index (χ1v) is 7.60. The van der Waals surface area contributed by atoms with Gasteiger partial charge in [0.25, 0.3) is 5.69 Å². The van der Waals surface area contributed by atoms with E-state index >= 15 is 0 Å². The Hall–Kier alpha value is -1.73. The Morgan fingerprint density at radius 3 is 2.43 bits per heavy atom. The molecule has 1 amide bonds. The zero-order valence-electron chi connectivity index (χ0n) is 12.6. The highest BCUT2D eigenvalue weighted by Gasteiger charge is 2.56. The van der Waals surface area contributed by atoms with Crippen LogP contribution in [0.25, 0.3) is 0 Å². The van der Waals surface area contributed by atoms with Gasteiger partial charge in [-0.3, -0.25) is 14.9 Å². The number of nitro benzene ring substituents is 1. The summed E-state index contributed by atoms with van der Waals surface area (Å²) >= 11 is 11.6. The Kier molecular flexibility index (Phi) is 5.21. The minimum absolute atomic E-state index is 0.0904. The minimum atomic E-state index is -0.987. The molecule has 0 spiro atoms. The van der Waals surface area contributed by atoms with Gasteiger partial charge in [0.15, 0.2) is 11.5 Å². The van der Waals surface area contributed by atoms with Crippen molar-refractivity contribution in [1.82, 2.24) is 5.32 Å². The van der Waals surface area contributed by atoms with Crippen LogP contribution in [0.5, 0.6) is 11.5 Å². The number of halogens is 2. The van der Waals surface area contributed by atoms with Crippen LogP contribution in [0.15, 0.2) is 12.1 Å². The van der Waals surface area contributed by atoms with Crippen molar-refractivity contribution in [3.63, 3.8) is 0 Å². The third-order valence-corrected chi connectivity index (χ3v) is 4.45. The van der Waals surface area contributed by atoms with Crippen LogP contribution in [-0.2, 0) is 11.2 Å². The fourth-order valence-corrected chi connectivity index (χ4v) is 2.73. The van der Waals surface area contributed by atoms with Crippen molar-refractivity contribution in [1.29, 1.82) is 0 Å². The second-order valence-corrected chi connectivity index (χ2v) is 6.69. The van der Waals surface area contributed by atoms with Gasteiger partial charge < -0.3 is 14.8 Å². The van der Waals surface area contributed by atoms with Crippen LogP contribution in [0.1, 0.15) is 12.0 Å². The van der Waals surface area contributed by atoms with Gasteiger partial charge in [0.1, 0.15) is 4.33 Å². The van der Waals surface area contributed by atoms with E-state index in [-0.39, 0.29) is 30.3 Å². The van der Waals surface area contributed by atoms with Crippen LogP contribution in [0.3, 0.4) is 0 Å². The van der Waals surface area contributed by atoms with Crippen molar-refractivity contribution in [2.45, 2.75) is 17.2 Å². The van der Waals surface area contributed by atoms with Gasteiger partial charge in [0.2, 0.25) is 5.91 Å². The van der Waals surface area contributed by atoms with Crippen molar-refractivity contribution < 1.29 is 19.2 Å².